The Morgan fingerprint density at radius 1 is 1.25 bits per heavy atom. The summed E-state index contributed by atoms with van der Waals surface area (Å²) in [5, 5.41) is 3.01. The molecule has 0 aliphatic heterocycles. The fourth-order valence-electron chi connectivity index (χ4n) is 0.967. The molecule has 0 saturated heterocycles. The van der Waals surface area contributed by atoms with Crippen LogP contribution in [0, 0.1) is 0 Å². The lowest BCUT2D eigenvalue weighted by Crippen LogP contribution is -2.16. The molecule has 66 valence electrons. The summed E-state index contributed by atoms with van der Waals surface area (Å²) < 4.78 is 0. The van der Waals surface area contributed by atoms with Crippen LogP contribution < -0.4 is 21.9 Å². The number of hydrogen-bond donors (Lipinski definition) is 4. The molecule has 0 bridgehead atoms. The van der Waals surface area contributed by atoms with E-state index in [1.165, 1.54) is 0 Å². The van der Waals surface area contributed by atoms with E-state index in [1.807, 2.05) is 25.2 Å². The lowest BCUT2D eigenvalue weighted by molar-refractivity contribution is 0.985. The molecule has 0 atom stereocenters. The Kier molecular flexibility index (Phi) is 2.76. The van der Waals surface area contributed by atoms with E-state index in [1.54, 1.807) is 7.05 Å². The number of nitrogens with two attached hydrogens (primary N) is 1. The van der Waals surface area contributed by atoms with Crippen LogP contribution in [0.5, 0.6) is 0 Å². The van der Waals surface area contributed by atoms with E-state index in [-0.39, 0.29) is 0 Å². The van der Waals surface area contributed by atoms with Crippen LogP contribution in [-0.2, 0) is 0 Å². The van der Waals surface area contributed by atoms with Gasteiger partial charge in [0.1, 0.15) is 0 Å². The third kappa shape index (κ3) is 1.79. The van der Waals surface area contributed by atoms with Crippen LogP contribution in [-0.4, -0.2) is 14.1 Å². The molecule has 4 nitrogen and oxygen atoms in total. The van der Waals surface area contributed by atoms with Crippen molar-refractivity contribution in [1.29, 1.82) is 0 Å². The zero-order valence-corrected chi connectivity index (χ0v) is 7.31. The summed E-state index contributed by atoms with van der Waals surface area (Å²) in [5.74, 6) is 0. The molecule has 0 aliphatic carbocycles. The van der Waals surface area contributed by atoms with Gasteiger partial charge in [-0.1, -0.05) is 0 Å². The minimum absolute atomic E-state index is 0.719. The Balaban J connectivity index is 2.87. The van der Waals surface area contributed by atoms with Crippen molar-refractivity contribution in [2.45, 2.75) is 0 Å². The van der Waals surface area contributed by atoms with E-state index in [0.717, 1.165) is 17.1 Å². The van der Waals surface area contributed by atoms with Crippen molar-refractivity contribution in [2.75, 3.05) is 30.6 Å². The minimum Gasteiger partial charge on any atom is -0.397 e. The zero-order chi connectivity index (χ0) is 8.97. The van der Waals surface area contributed by atoms with E-state index in [4.69, 9.17) is 5.73 Å². The van der Waals surface area contributed by atoms with Gasteiger partial charge in [-0.3, -0.25) is 0 Å². The van der Waals surface area contributed by atoms with E-state index in [0.29, 0.717) is 0 Å². The van der Waals surface area contributed by atoms with E-state index < -0.39 is 0 Å². The molecule has 4 heteroatoms. The van der Waals surface area contributed by atoms with Crippen LogP contribution in [0.25, 0.3) is 0 Å². The summed E-state index contributed by atoms with van der Waals surface area (Å²) in [6, 6.07) is 5.74. The van der Waals surface area contributed by atoms with Crippen molar-refractivity contribution in [2.24, 2.45) is 0 Å². The van der Waals surface area contributed by atoms with E-state index >= 15 is 0 Å². The van der Waals surface area contributed by atoms with Crippen molar-refractivity contribution >= 4 is 17.1 Å². The number of anilines is 3. The van der Waals surface area contributed by atoms with Gasteiger partial charge in [-0.15, -0.1) is 0 Å². The van der Waals surface area contributed by atoms with Gasteiger partial charge in [0.05, 0.1) is 11.4 Å². The van der Waals surface area contributed by atoms with Gasteiger partial charge in [0.15, 0.2) is 0 Å². The van der Waals surface area contributed by atoms with Gasteiger partial charge < -0.3 is 16.5 Å². The standard InChI is InChI=1S/C8H14N4/c1-10-6-3-4-8(12-11-2)7(9)5-6/h3-5,10-12H,9H2,1-2H3. The Hall–Kier alpha value is -1.42. The lowest BCUT2D eigenvalue weighted by Gasteiger charge is -2.08. The van der Waals surface area contributed by atoms with Gasteiger partial charge in [0, 0.05) is 19.8 Å². The van der Waals surface area contributed by atoms with Gasteiger partial charge in [0.25, 0.3) is 0 Å². The molecule has 0 radical (unpaired) electrons. The summed E-state index contributed by atoms with van der Waals surface area (Å²) in [5.41, 5.74) is 14.1. The molecule has 0 heterocycles. The highest BCUT2D eigenvalue weighted by atomic mass is 15.3. The molecular weight excluding hydrogens is 152 g/mol. The smallest absolute Gasteiger partial charge is 0.0719 e. The summed E-state index contributed by atoms with van der Waals surface area (Å²) in [6.07, 6.45) is 0. The van der Waals surface area contributed by atoms with Gasteiger partial charge in [0.2, 0.25) is 0 Å². The van der Waals surface area contributed by atoms with Crippen molar-refractivity contribution in [3.8, 4) is 0 Å². The second kappa shape index (κ2) is 3.82. The molecular formula is C8H14N4. The van der Waals surface area contributed by atoms with Crippen molar-refractivity contribution in [3.63, 3.8) is 0 Å². The SMILES string of the molecule is CNNc1ccc(NC)cc1N. The number of benzene rings is 1. The van der Waals surface area contributed by atoms with Crippen molar-refractivity contribution in [1.82, 2.24) is 5.43 Å². The Bertz CT molecular complexity index is 259. The number of hydrazine groups is 1. The lowest BCUT2D eigenvalue weighted by atomic mass is 10.2. The molecule has 1 rings (SSSR count). The molecule has 0 aliphatic rings. The average molecular weight is 166 g/mol. The second-order valence-corrected chi connectivity index (χ2v) is 2.43. The fourth-order valence-corrected chi connectivity index (χ4v) is 0.967. The van der Waals surface area contributed by atoms with Crippen LogP contribution in [0.15, 0.2) is 18.2 Å². The van der Waals surface area contributed by atoms with Gasteiger partial charge in [-0.05, 0) is 18.2 Å². The predicted molar refractivity (Wildman–Crippen MR) is 53.1 cm³/mol. The van der Waals surface area contributed by atoms with E-state index in [9.17, 15) is 0 Å². The van der Waals surface area contributed by atoms with Crippen LogP contribution in [0.4, 0.5) is 17.1 Å². The monoisotopic (exact) mass is 166 g/mol. The first-order valence-corrected chi connectivity index (χ1v) is 3.78. The van der Waals surface area contributed by atoms with E-state index in [2.05, 4.69) is 16.2 Å². The first-order chi connectivity index (χ1) is 5.77. The van der Waals surface area contributed by atoms with Crippen LogP contribution >= 0.6 is 0 Å². The molecule has 0 unspecified atom stereocenters. The van der Waals surface area contributed by atoms with Crippen LogP contribution in [0.1, 0.15) is 0 Å². The van der Waals surface area contributed by atoms with Crippen LogP contribution in [0.2, 0.25) is 0 Å². The van der Waals surface area contributed by atoms with Gasteiger partial charge in [-0.25, -0.2) is 5.43 Å². The summed E-state index contributed by atoms with van der Waals surface area (Å²) in [7, 11) is 3.66. The quantitative estimate of drug-likeness (QED) is 0.397. The molecule has 1 aromatic rings. The maximum atomic E-state index is 5.74. The molecule has 12 heavy (non-hydrogen) atoms. The molecule has 0 spiro atoms. The number of nitrogens with one attached hydrogen (secondary N) is 3. The Morgan fingerprint density at radius 3 is 2.50 bits per heavy atom. The van der Waals surface area contributed by atoms with Crippen molar-refractivity contribution < 1.29 is 0 Å². The molecule has 0 fully saturated rings. The maximum absolute atomic E-state index is 5.74. The van der Waals surface area contributed by atoms with Crippen LogP contribution in [0.3, 0.4) is 0 Å². The fraction of sp³-hybridized carbons (Fsp3) is 0.250. The minimum atomic E-state index is 0.719. The number of nitrogen functional groups attached to an aromatic ring is 1. The first kappa shape index (κ1) is 8.67. The largest absolute Gasteiger partial charge is 0.397 e. The highest BCUT2D eigenvalue weighted by Gasteiger charge is 1.97. The Morgan fingerprint density at radius 2 is 2.00 bits per heavy atom. The van der Waals surface area contributed by atoms with Gasteiger partial charge >= 0.3 is 0 Å². The first-order valence-electron chi connectivity index (χ1n) is 3.78. The Labute approximate surface area is 72.1 Å². The normalized spacial score (nSPS) is 9.50. The summed E-state index contributed by atoms with van der Waals surface area (Å²) in [6.45, 7) is 0. The molecule has 5 N–H and O–H groups in total. The zero-order valence-electron chi connectivity index (χ0n) is 7.31. The third-order valence-electron chi connectivity index (χ3n) is 1.60. The third-order valence-corrected chi connectivity index (χ3v) is 1.60. The van der Waals surface area contributed by atoms with Gasteiger partial charge in [-0.2, -0.15) is 0 Å². The molecule has 0 aromatic heterocycles. The second-order valence-electron chi connectivity index (χ2n) is 2.43. The maximum Gasteiger partial charge on any atom is 0.0719 e. The summed E-state index contributed by atoms with van der Waals surface area (Å²) in [4.78, 5) is 0. The number of rotatable bonds is 3. The van der Waals surface area contributed by atoms with Crippen molar-refractivity contribution in [3.05, 3.63) is 18.2 Å². The average Bonchev–Trinajstić information content (AvgIpc) is 2.09. The summed E-state index contributed by atoms with van der Waals surface area (Å²) >= 11 is 0. The molecule has 0 amide bonds. The topological polar surface area (TPSA) is 62.1 Å². The highest BCUT2D eigenvalue weighted by Crippen LogP contribution is 2.21. The molecule has 0 saturated carbocycles. The number of hydrogen-bond acceptors (Lipinski definition) is 4. The molecule has 1 aromatic carbocycles. The highest BCUT2D eigenvalue weighted by molar-refractivity contribution is 5.71. The predicted octanol–water partition coefficient (Wildman–Crippen LogP) is 0.857.